The van der Waals surface area contributed by atoms with E-state index in [1.807, 2.05) is 0 Å². The molecular weight excluding hydrogens is 251 g/mol. The van der Waals surface area contributed by atoms with E-state index in [1.165, 1.54) is 6.07 Å². The Balaban J connectivity index is 2.73. The molecule has 0 unspecified atom stereocenters. The van der Waals surface area contributed by atoms with Gasteiger partial charge in [0.25, 0.3) is 0 Å². The summed E-state index contributed by atoms with van der Waals surface area (Å²) < 4.78 is 4.58. The maximum absolute atomic E-state index is 11.4. The van der Waals surface area contributed by atoms with Gasteiger partial charge in [0.1, 0.15) is 0 Å². The molecule has 0 N–H and O–H groups in total. The number of carbonyl (C=O) groups excluding carboxylic acids is 2. The molecule has 1 aromatic rings. The van der Waals surface area contributed by atoms with Crippen molar-refractivity contribution in [3.05, 3.63) is 33.8 Å². The summed E-state index contributed by atoms with van der Waals surface area (Å²) in [6, 6.07) is 4.75. The first-order valence-corrected chi connectivity index (χ1v) is 5.44. The Labute approximate surface area is 103 Å². The van der Waals surface area contributed by atoms with Crippen molar-refractivity contribution < 1.29 is 14.3 Å². The second kappa shape index (κ2) is 5.87. The van der Waals surface area contributed by atoms with Crippen LogP contribution in [0.2, 0.25) is 10.0 Å². The molecule has 16 heavy (non-hydrogen) atoms. The lowest BCUT2D eigenvalue weighted by Gasteiger charge is -2.03. The van der Waals surface area contributed by atoms with Crippen LogP contribution in [0.4, 0.5) is 0 Å². The van der Waals surface area contributed by atoms with Gasteiger partial charge in [0, 0.05) is 16.5 Å². The molecule has 0 atom stereocenters. The highest BCUT2D eigenvalue weighted by molar-refractivity contribution is 6.37. The Kier molecular flexibility index (Phi) is 4.77. The zero-order valence-corrected chi connectivity index (χ0v) is 10.1. The Hall–Kier alpha value is -1.06. The van der Waals surface area contributed by atoms with Crippen LogP contribution in [0.1, 0.15) is 12.5 Å². The first-order valence-electron chi connectivity index (χ1n) is 4.68. The van der Waals surface area contributed by atoms with Gasteiger partial charge in [0.2, 0.25) is 5.78 Å². The van der Waals surface area contributed by atoms with Gasteiger partial charge >= 0.3 is 5.97 Å². The Morgan fingerprint density at radius 2 is 2.00 bits per heavy atom. The summed E-state index contributed by atoms with van der Waals surface area (Å²) in [6.07, 6.45) is -0.0746. The number of halogens is 2. The summed E-state index contributed by atoms with van der Waals surface area (Å²) in [6.45, 7) is 1.82. The van der Waals surface area contributed by atoms with Gasteiger partial charge in [-0.2, -0.15) is 0 Å². The second-order valence-corrected chi connectivity index (χ2v) is 3.90. The van der Waals surface area contributed by atoms with Crippen molar-refractivity contribution in [1.29, 1.82) is 0 Å². The molecule has 0 aromatic heterocycles. The fourth-order valence-electron chi connectivity index (χ4n) is 1.12. The molecule has 0 aliphatic carbocycles. The van der Waals surface area contributed by atoms with E-state index in [-0.39, 0.29) is 13.0 Å². The van der Waals surface area contributed by atoms with Gasteiger partial charge in [0.15, 0.2) is 0 Å². The first-order chi connectivity index (χ1) is 7.54. The number of Topliss-reactive ketones (excluding diaryl/α,β-unsaturated/α-hetero) is 1. The highest BCUT2D eigenvalue weighted by atomic mass is 35.5. The zero-order chi connectivity index (χ0) is 12.1. The third-order valence-electron chi connectivity index (χ3n) is 1.87. The van der Waals surface area contributed by atoms with Crippen LogP contribution in [0, 0.1) is 0 Å². The second-order valence-electron chi connectivity index (χ2n) is 3.06. The largest absolute Gasteiger partial charge is 0.460 e. The van der Waals surface area contributed by atoms with Crippen molar-refractivity contribution in [3.8, 4) is 0 Å². The summed E-state index contributed by atoms with van der Waals surface area (Å²) in [5.74, 6) is -1.46. The van der Waals surface area contributed by atoms with Crippen LogP contribution < -0.4 is 0 Å². The average molecular weight is 261 g/mol. The first kappa shape index (κ1) is 13.0. The van der Waals surface area contributed by atoms with Gasteiger partial charge < -0.3 is 4.74 Å². The normalized spacial score (nSPS) is 9.94. The maximum atomic E-state index is 11.4. The molecule has 0 bridgehead atoms. The number of benzene rings is 1. The van der Waals surface area contributed by atoms with Crippen LogP contribution >= 0.6 is 23.2 Å². The lowest BCUT2D eigenvalue weighted by molar-refractivity contribution is -0.153. The van der Waals surface area contributed by atoms with Crippen molar-refractivity contribution >= 4 is 35.0 Å². The minimum atomic E-state index is -0.839. The van der Waals surface area contributed by atoms with E-state index < -0.39 is 11.8 Å². The number of ether oxygens (including phenoxy) is 1. The van der Waals surface area contributed by atoms with Crippen molar-refractivity contribution in [2.75, 3.05) is 6.61 Å². The van der Waals surface area contributed by atoms with Gasteiger partial charge in [-0.3, -0.25) is 4.79 Å². The van der Waals surface area contributed by atoms with Gasteiger partial charge in [-0.1, -0.05) is 29.3 Å². The van der Waals surface area contributed by atoms with E-state index in [0.29, 0.717) is 15.6 Å². The topological polar surface area (TPSA) is 43.4 Å². The summed E-state index contributed by atoms with van der Waals surface area (Å²) in [4.78, 5) is 22.5. The maximum Gasteiger partial charge on any atom is 0.374 e. The molecule has 0 amide bonds. The molecular formula is C11H10Cl2O3. The predicted molar refractivity (Wildman–Crippen MR) is 61.8 cm³/mol. The summed E-state index contributed by atoms with van der Waals surface area (Å²) in [5.41, 5.74) is 0.559. The third kappa shape index (κ3) is 3.51. The molecule has 0 heterocycles. The third-order valence-corrected chi connectivity index (χ3v) is 2.46. The minimum Gasteiger partial charge on any atom is -0.460 e. The van der Waals surface area contributed by atoms with E-state index in [0.717, 1.165) is 0 Å². The van der Waals surface area contributed by atoms with E-state index >= 15 is 0 Å². The standard InChI is InChI=1S/C11H10Cl2O3/c1-2-16-11(15)10(14)5-7-3-4-8(12)6-9(7)13/h3-4,6H,2,5H2,1H3. The van der Waals surface area contributed by atoms with Crippen molar-refractivity contribution in [2.24, 2.45) is 0 Å². The molecule has 0 aliphatic heterocycles. The quantitative estimate of drug-likeness (QED) is 0.618. The van der Waals surface area contributed by atoms with E-state index in [1.54, 1.807) is 19.1 Å². The van der Waals surface area contributed by atoms with Gasteiger partial charge in [-0.25, -0.2) is 4.79 Å². The number of carbonyl (C=O) groups is 2. The van der Waals surface area contributed by atoms with Crippen LogP contribution in [0.5, 0.6) is 0 Å². The van der Waals surface area contributed by atoms with Crippen LogP contribution in [0.15, 0.2) is 18.2 Å². The summed E-state index contributed by atoms with van der Waals surface area (Å²) in [5, 5.41) is 0.850. The van der Waals surface area contributed by atoms with Crippen LogP contribution in [0.3, 0.4) is 0 Å². The Bertz CT molecular complexity index is 416. The molecule has 5 heteroatoms. The van der Waals surface area contributed by atoms with Crippen LogP contribution in [0.25, 0.3) is 0 Å². The SMILES string of the molecule is CCOC(=O)C(=O)Cc1ccc(Cl)cc1Cl. The number of rotatable bonds is 4. The number of hydrogen-bond donors (Lipinski definition) is 0. The van der Waals surface area contributed by atoms with Gasteiger partial charge in [0.05, 0.1) is 6.61 Å². The smallest absolute Gasteiger partial charge is 0.374 e. The van der Waals surface area contributed by atoms with E-state index in [9.17, 15) is 9.59 Å². The molecule has 1 rings (SSSR count). The van der Waals surface area contributed by atoms with E-state index in [4.69, 9.17) is 23.2 Å². The lowest BCUT2D eigenvalue weighted by Crippen LogP contribution is -2.19. The predicted octanol–water partition coefficient (Wildman–Crippen LogP) is 2.67. The Morgan fingerprint density at radius 3 is 2.56 bits per heavy atom. The monoisotopic (exact) mass is 260 g/mol. The molecule has 0 spiro atoms. The molecule has 0 aliphatic rings. The minimum absolute atomic E-state index is 0.0746. The highest BCUT2D eigenvalue weighted by Gasteiger charge is 2.16. The highest BCUT2D eigenvalue weighted by Crippen LogP contribution is 2.21. The van der Waals surface area contributed by atoms with Crippen LogP contribution in [-0.4, -0.2) is 18.4 Å². The zero-order valence-electron chi connectivity index (χ0n) is 8.63. The fraction of sp³-hybridized carbons (Fsp3) is 0.273. The molecule has 0 saturated heterocycles. The van der Waals surface area contributed by atoms with E-state index in [2.05, 4.69) is 4.74 Å². The number of hydrogen-bond acceptors (Lipinski definition) is 3. The molecule has 0 saturated carbocycles. The molecule has 3 nitrogen and oxygen atoms in total. The summed E-state index contributed by atoms with van der Waals surface area (Å²) in [7, 11) is 0. The van der Waals surface area contributed by atoms with Crippen molar-refractivity contribution in [2.45, 2.75) is 13.3 Å². The molecule has 1 aromatic carbocycles. The summed E-state index contributed by atoms with van der Waals surface area (Å²) >= 11 is 11.6. The van der Waals surface area contributed by atoms with Gasteiger partial charge in [-0.05, 0) is 24.6 Å². The van der Waals surface area contributed by atoms with Crippen molar-refractivity contribution in [3.63, 3.8) is 0 Å². The Morgan fingerprint density at radius 1 is 1.31 bits per heavy atom. The van der Waals surface area contributed by atoms with Crippen LogP contribution in [-0.2, 0) is 20.7 Å². The molecule has 0 radical (unpaired) electrons. The lowest BCUT2D eigenvalue weighted by atomic mass is 10.1. The molecule has 86 valence electrons. The van der Waals surface area contributed by atoms with Gasteiger partial charge in [-0.15, -0.1) is 0 Å². The molecule has 0 fully saturated rings. The number of ketones is 1. The fourth-order valence-corrected chi connectivity index (χ4v) is 1.60. The van der Waals surface area contributed by atoms with Crippen molar-refractivity contribution in [1.82, 2.24) is 0 Å². The number of esters is 1. The average Bonchev–Trinajstić information content (AvgIpc) is 2.22.